The molecule has 8 heteroatoms. The van der Waals surface area contributed by atoms with Crippen molar-refractivity contribution in [3.8, 4) is 17.6 Å². The molecule has 2 aliphatic rings. The molecule has 2 heterocycles. The van der Waals surface area contributed by atoms with Crippen LogP contribution in [0.1, 0.15) is 5.56 Å². The number of nitrogens with zero attached hydrogens (tertiary/aromatic N) is 2. The molecular weight excluding hydrogens is 334 g/mol. The van der Waals surface area contributed by atoms with E-state index in [0.29, 0.717) is 24.6 Å². The van der Waals surface area contributed by atoms with E-state index in [-0.39, 0.29) is 12.4 Å². The molecular formula is C18H23N5O3. The van der Waals surface area contributed by atoms with Crippen molar-refractivity contribution in [2.75, 3.05) is 46.1 Å². The van der Waals surface area contributed by atoms with Gasteiger partial charge in [0.25, 0.3) is 5.91 Å². The molecule has 8 nitrogen and oxygen atoms in total. The van der Waals surface area contributed by atoms with E-state index in [9.17, 15) is 10.1 Å². The highest BCUT2D eigenvalue weighted by Crippen LogP contribution is 2.32. The predicted molar refractivity (Wildman–Crippen MR) is 95.4 cm³/mol. The minimum atomic E-state index is -0.403. The molecule has 0 bridgehead atoms. The number of rotatable bonds is 7. The van der Waals surface area contributed by atoms with Crippen molar-refractivity contribution in [3.05, 3.63) is 35.5 Å². The first-order valence-corrected chi connectivity index (χ1v) is 8.70. The smallest absolute Gasteiger partial charge is 0.263 e. The van der Waals surface area contributed by atoms with E-state index in [1.807, 2.05) is 24.3 Å². The molecule has 26 heavy (non-hydrogen) atoms. The Morgan fingerprint density at radius 1 is 1.31 bits per heavy atom. The molecule has 0 saturated carbocycles. The van der Waals surface area contributed by atoms with Crippen molar-refractivity contribution in [1.82, 2.24) is 20.9 Å². The molecule has 3 rings (SSSR count). The molecule has 138 valence electrons. The second-order valence-electron chi connectivity index (χ2n) is 6.09. The van der Waals surface area contributed by atoms with Gasteiger partial charge in [0.1, 0.15) is 11.6 Å². The van der Waals surface area contributed by atoms with Gasteiger partial charge in [-0.25, -0.2) is 0 Å². The van der Waals surface area contributed by atoms with Crippen LogP contribution in [0.5, 0.6) is 11.5 Å². The summed E-state index contributed by atoms with van der Waals surface area (Å²) in [5.41, 5.74) is 0.942. The van der Waals surface area contributed by atoms with E-state index in [1.54, 1.807) is 0 Å². The van der Waals surface area contributed by atoms with Crippen molar-refractivity contribution in [2.24, 2.45) is 0 Å². The second-order valence-corrected chi connectivity index (χ2v) is 6.09. The topological polar surface area (TPSA) is 98.7 Å². The summed E-state index contributed by atoms with van der Waals surface area (Å²) < 4.78 is 10.6. The van der Waals surface area contributed by atoms with Gasteiger partial charge in [-0.05, 0) is 17.7 Å². The number of ether oxygens (including phenoxy) is 2. The van der Waals surface area contributed by atoms with Gasteiger partial charge in [0.2, 0.25) is 6.79 Å². The van der Waals surface area contributed by atoms with Gasteiger partial charge in [0.15, 0.2) is 11.5 Å². The third-order valence-corrected chi connectivity index (χ3v) is 4.28. The number of nitrogens with one attached hydrogen (secondary N) is 3. The maximum absolute atomic E-state index is 12.2. The van der Waals surface area contributed by atoms with Crippen LogP contribution in [0.25, 0.3) is 0 Å². The highest BCUT2D eigenvalue weighted by atomic mass is 16.7. The van der Waals surface area contributed by atoms with Crippen LogP contribution in [0.15, 0.2) is 30.0 Å². The Balaban J connectivity index is 1.43. The quantitative estimate of drug-likeness (QED) is 0.357. The van der Waals surface area contributed by atoms with Crippen molar-refractivity contribution < 1.29 is 14.3 Å². The lowest BCUT2D eigenvalue weighted by Crippen LogP contribution is -2.45. The van der Waals surface area contributed by atoms with Crippen molar-refractivity contribution >= 4 is 5.91 Å². The van der Waals surface area contributed by atoms with E-state index in [4.69, 9.17) is 9.47 Å². The maximum Gasteiger partial charge on any atom is 0.263 e. The molecule has 0 aliphatic carbocycles. The molecule has 1 aromatic rings. The summed E-state index contributed by atoms with van der Waals surface area (Å²) in [5.74, 6) is 0.966. The summed E-state index contributed by atoms with van der Waals surface area (Å²) in [5, 5.41) is 18.3. The van der Waals surface area contributed by atoms with Crippen LogP contribution in [0.4, 0.5) is 0 Å². The average molecular weight is 357 g/mol. The Labute approximate surface area is 152 Å². The van der Waals surface area contributed by atoms with E-state index in [1.165, 1.54) is 6.20 Å². The number of carbonyl (C=O) groups excluding carboxylic acids is 1. The van der Waals surface area contributed by atoms with E-state index >= 15 is 0 Å². The summed E-state index contributed by atoms with van der Waals surface area (Å²) in [6.07, 6.45) is 1.48. The van der Waals surface area contributed by atoms with Crippen LogP contribution in [0.2, 0.25) is 0 Å². The first-order valence-electron chi connectivity index (χ1n) is 8.70. The predicted octanol–water partition coefficient (Wildman–Crippen LogP) is -0.0662. The molecule has 0 aromatic heterocycles. The van der Waals surface area contributed by atoms with Gasteiger partial charge in [-0.3, -0.25) is 9.69 Å². The van der Waals surface area contributed by atoms with Crippen LogP contribution < -0.4 is 25.4 Å². The molecule has 2 aliphatic heterocycles. The van der Waals surface area contributed by atoms with E-state index < -0.39 is 5.91 Å². The fraction of sp³-hybridized carbons (Fsp3) is 0.444. The van der Waals surface area contributed by atoms with Gasteiger partial charge < -0.3 is 25.4 Å². The Morgan fingerprint density at radius 3 is 2.92 bits per heavy atom. The zero-order chi connectivity index (χ0) is 18.2. The summed E-state index contributed by atoms with van der Waals surface area (Å²) in [7, 11) is 0. The number of nitriles is 1. The van der Waals surface area contributed by atoms with Crippen molar-refractivity contribution in [1.29, 1.82) is 5.26 Å². The molecule has 0 unspecified atom stereocenters. The van der Waals surface area contributed by atoms with Gasteiger partial charge >= 0.3 is 0 Å². The molecule has 0 spiro atoms. The van der Waals surface area contributed by atoms with Crippen molar-refractivity contribution in [2.45, 2.75) is 6.54 Å². The number of hydrogen-bond donors (Lipinski definition) is 3. The lowest BCUT2D eigenvalue weighted by Gasteiger charge is -2.26. The Hall–Kier alpha value is -2.76. The number of piperazine rings is 1. The van der Waals surface area contributed by atoms with Crippen LogP contribution in [0.3, 0.4) is 0 Å². The first-order chi connectivity index (χ1) is 12.8. The van der Waals surface area contributed by atoms with Crippen LogP contribution in [0, 0.1) is 11.3 Å². The molecule has 1 amide bonds. The molecule has 1 aromatic carbocycles. The second kappa shape index (κ2) is 9.08. The zero-order valence-electron chi connectivity index (χ0n) is 14.6. The molecule has 1 fully saturated rings. The van der Waals surface area contributed by atoms with Crippen LogP contribution in [-0.2, 0) is 11.3 Å². The fourth-order valence-electron chi connectivity index (χ4n) is 2.81. The molecule has 0 atom stereocenters. The zero-order valence-corrected chi connectivity index (χ0v) is 14.6. The Morgan fingerprint density at radius 2 is 2.12 bits per heavy atom. The lowest BCUT2D eigenvalue weighted by molar-refractivity contribution is -0.117. The number of fused-ring (bicyclic) bond motifs is 1. The van der Waals surface area contributed by atoms with Crippen LogP contribution in [-0.4, -0.2) is 56.9 Å². The molecule has 3 N–H and O–H groups in total. The largest absolute Gasteiger partial charge is 0.454 e. The van der Waals surface area contributed by atoms with Crippen molar-refractivity contribution in [3.63, 3.8) is 0 Å². The van der Waals surface area contributed by atoms with Gasteiger partial charge in [-0.15, -0.1) is 0 Å². The van der Waals surface area contributed by atoms with Gasteiger partial charge in [0, 0.05) is 52.0 Å². The normalized spacial score (nSPS) is 16.8. The first kappa shape index (κ1) is 18.0. The standard InChI is InChI=1S/C18H23N5O3/c19-10-15(12-21-5-8-23-6-3-20-4-7-23)18(24)22-11-14-1-2-16-17(9-14)26-13-25-16/h1-2,9,12,20-21H,3-8,11,13H2,(H,22,24)/b15-12-. The van der Waals surface area contributed by atoms with Gasteiger partial charge in [0.05, 0.1) is 0 Å². The van der Waals surface area contributed by atoms with Gasteiger partial charge in [-0.2, -0.15) is 5.26 Å². The minimum absolute atomic E-state index is 0.0612. The summed E-state index contributed by atoms with van der Waals surface area (Å²) in [4.78, 5) is 14.5. The summed E-state index contributed by atoms with van der Waals surface area (Å²) in [6.45, 7) is 6.15. The summed E-state index contributed by atoms with van der Waals surface area (Å²) in [6, 6.07) is 7.42. The number of benzene rings is 1. The minimum Gasteiger partial charge on any atom is -0.454 e. The number of hydrogen-bond acceptors (Lipinski definition) is 7. The lowest BCUT2D eigenvalue weighted by atomic mass is 10.2. The third kappa shape index (κ3) is 4.88. The number of carbonyl (C=O) groups is 1. The highest BCUT2D eigenvalue weighted by Gasteiger charge is 2.14. The monoisotopic (exact) mass is 357 g/mol. The average Bonchev–Trinajstić information content (AvgIpc) is 3.15. The fourth-order valence-corrected chi connectivity index (χ4v) is 2.81. The van der Waals surface area contributed by atoms with E-state index in [2.05, 4.69) is 20.9 Å². The molecule has 0 radical (unpaired) electrons. The highest BCUT2D eigenvalue weighted by molar-refractivity contribution is 5.97. The van der Waals surface area contributed by atoms with E-state index in [0.717, 1.165) is 38.3 Å². The SMILES string of the molecule is N#C/C(=C/NCCN1CCNCC1)C(=O)NCc1ccc2c(c1)OCO2. The number of amides is 1. The van der Waals surface area contributed by atoms with Gasteiger partial charge in [-0.1, -0.05) is 6.07 Å². The maximum atomic E-state index is 12.2. The third-order valence-electron chi connectivity index (χ3n) is 4.28. The Kier molecular flexibility index (Phi) is 6.30. The molecule has 1 saturated heterocycles. The Bertz CT molecular complexity index is 707. The summed E-state index contributed by atoms with van der Waals surface area (Å²) >= 11 is 0. The van der Waals surface area contributed by atoms with Crippen LogP contribution >= 0.6 is 0 Å².